The van der Waals surface area contributed by atoms with E-state index in [1.807, 2.05) is 0 Å². The summed E-state index contributed by atoms with van der Waals surface area (Å²) in [6, 6.07) is 5.28. The summed E-state index contributed by atoms with van der Waals surface area (Å²) < 4.78 is 10.5. The van der Waals surface area contributed by atoms with Crippen molar-refractivity contribution in [2.24, 2.45) is 23.2 Å². The number of benzene rings is 1. The number of amides is 2. The first-order valence-electron chi connectivity index (χ1n) is 10.8. The Morgan fingerprint density at radius 1 is 0.966 bits per heavy atom. The number of methoxy groups -OCH3 is 2. The van der Waals surface area contributed by atoms with Crippen LogP contribution in [0.5, 0.6) is 11.5 Å². The maximum Gasteiger partial charge on any atom is 0.226 e. The molecule has 1 aromatic rings. The molecular weight excluding hydrogens is 368 g/mol. The monoisotopic (exact) mass is 400 g/mol. The van der Waals surface area contributed by atoms with Crippen LogP contribution in [0.4, 0.5) is 5.69 Å². The second-order valence-electron chi connectivity index (χ2n) is 9.21. The molecule has 0 aliphatic heterocycles. The van der Waals surface area contributed by atoms with Crippen molar-refractivity contribution in [2.75, 3.05) is 26.1 Å². The van der Waals surface area contributed by atoms with Crippen LogP contribution in [-0.4, -0.2) is 32.6 Å². The van der Waals surface area contributed by atoms with Crippen LogP contribution in [0.25, 0.3) is 0 Å². The van der Waals surface area contributed by atoms with E-state index < -0.39 is 0 Å². The number of anilines is 1. The summed E-state index contributed by atoms with van der Waals surface area (Å²) in [6.45, 7) is 0.551. The normalized spacial score (nSPS) is 29.4. The van der Waals surface area contributed by atoms with Crippen molar-refractivity contribution in [2.45, 2.75) is 51.4 Å². The Hall–Kier alpha value is -2.24. The van der Waals surface area contributed by atoms with E-state index in [0.717, 1.165) is 37.0 Å². The van der Waals surface area contributed by atoms with Crippen molar-refractivity contribution >= 4 is 17.5 Å². The summed E-state index contributed by atoms with van der Waals surface area (Å²) in [5.74, 6) is 3.69. The van der Waals surface area contributed by atoms with Gasteiger partial charge in [-0.2, -0.15) is 0 Å². The molecule has 4 aliphatic rings. The number of hydrogen-bond donors (Lipinski definition) is 2. The van der Waals surface area contributed by atoms with Gasteiger partial charge in [0.25, 0.3) is 0 Å². The van der Waals surface area contributed by atoms with E-state index in [0.29, 0.717) is 36.6 Å². The number of rotatable bonds is 8. The molecule has 0 heterocycles. The highest BCUT2D eigenvalue weighted by Gasteiger charge is 2.54. The van der Waals surface area contributed by atoms with Crippen molar-refractivity contribution in [1.82, 2.24) is 5.32 Å². The van der Waals surface area contributed by atoms with Gasteiger partial charge in [-0.15, -0.1) is 0 Å². The average molecular weight is 401 g/mol. The van der Waals surface area contributed by atoms with E-state index in [-0.39, 0.29) is 17.2 Å². The average Bonchev–Trinajstić information content (AvgIpc) is 2.69. The van der Waals surface area contributed by atoms with Crippen LogP contribution in [-0.2, 0) is 9.59 Å². The molecule has 5 rings (SSSR count). The van der Waals surface area contributed by atoms with Gasteiger partial charge < -0.3 is 20.1 Å². The fourth-order valence-corrected chi connectivity index (χ4v) is 6.13. The second-order valence-corrected chi connectivity index (χ2v) is 9.21. The molecule has 0 aromatic heterocycles. The van der Waals surface area contributed by atoms with Gasteiger partial charge in [-0.05, 0) is 62.7 Å². The Labute approximate surface area is 172 Å². The van der Waals surface area contributed by atoms with Gasteiger partial charge >= 0.3 is 0 Å². The van der Waals surface area contributed by atoms with Crippen LogP contribution >= 0.6 is 0 Å². The van der Waals surface area contributed by atoms with Crippen molar-refractivity contribution < 1.29 is 19.1 Å². The van der Waals surface area contributed by atoms with Gasteiger partial charge in [0, 0.05) is 42.3 Å². The van der Waals surface area contributed by atoms with E-state index in [4.69, 9.17) is 9.47 Å². The topological polar surface area (TPSA) is 76.7 Å². The summed E-state index contributed by atoms with van der Waals surface area (Å²) in [6.07, 6.45) is 8.21. The third-order valence-electron chi connectivity index (χ3n) is 7.02. The molecule has 6 heteroatoms. The van der Waals surface area contributed by atoms with Crippen LogP contribution in [0.1, 0.15) is 51.4 Å². The highest BCUT2D eigenvalue weighted by molar-refractivity contribution is 5.91. The van der Waals surface area contributed by atoms with E-state index >= 15 is 0 Å². The maximum absolute atomic E-state index is 12.9. The van der Waals surface area contributed by atoms with Crippen molar-refractivity contribution in [3.8, 4) is 11.5 Å². The second kappa shape index (κ2) is 8.25. The zero-order chi connectivity index (χ0) is 20.4. The standard InChI is InChI=1S/C23H32N2O4/c1-28-19-9-18(10-20(11-19)29-2)25-21(26)4-3-5-24-22(27)23-12-15-6-16(13-23)8-17(7-15)14-23/h9-11,15-17H,3-8,12-14H2,1-2H3,(H,24,27)(H,25,26). The van der Waals surface area contributed by atoms with Gasteiger partial charge in [-0.1, -0.05) is 0 Å². The Morgan fingerprint density at radius 2 is 1.52 bits per heavy atom. The largest absolute Gasteiger partial charge is 0.497 e. The van der Waals surface area contributed by atoms with Crippen LogP contribution < -0.4 is 20.1 Å². The number of nitrogens with one attached hydrogen (secondary N) is 2. The number of hydrogen-bond acceptors (Lipinski definition) is 4. The predicted octanol–water partition coefficient (Wildman–Crippen LogP) is 3.76. The molecular formula is C23H32N2O4. The van der Waals surface area contributed by atoms with Crippen molar-refractivity contribution in [1.29, 1.82) is 0 Å². The van der Waals surface area contributed by atoms with E-state index in [1.54, 1.807) is 32.4 Å². The summed E-state index contributed by atoms with van der Waals surface area (Å²) in [5.41, 5.74) is 0.525. The van der Waals surface area contributed by atoms with E-state index in [9.17, 15) is 9.59 Å². The van der Waals surface area contributed by atoms with Gasteiger partial charge in [0.1, 0.15) is 11.5 Å². The molecule has 4 fully saturated rings. The number of carbonyl (C=O) groups excluding carboxylic acids is 2. The first-order chi connectivity index (χ1) is 14.0. The molecule has 1 aromatic carbocycles. The van der Waals surface area contributed by atoms with Gasteiger partial charge in [-0.25, -0.2) is 0 Å². The van der Waals surface area contributed by atoms with Crippen LogP contribution in [0, 0.1) is 23.2 Å². The highest BCUT2D eigenvalue weighted by atomic mass is 16.5. The van der Waals surface area contributed by atoms with Crippen LogP contribution in [0.3, 0.4) is 0 Å². The lowest BCUT2D eigenvalue weighted by atomic mass is 9.49. The molecule has 4 bridgehead atoms. The molecule has 2 N–H and O–H groups in total. The van der Waals surface area contributed by atoms with E-state index in [1.165, 1.54) is 19.3 Å². The lowest BCUT2D eigenvalue weighted by molar-refractivity contribution is -0.146. The SMILES string of the molecule is COc1cc(NC(=O)CCCNC(=O)C23CC4CC(CC(C4)C2)C3)cc(OC)c1. The highest BCUT2D eigenvalue weighted by Crippen LogP contribution is 2.60. The van der Waals surface area contributed by atoms with Crippen LogP contribution in [0.2, 0.25) is 0 Å². The van der Waals surface area contributed by atoms with Crippen molar-refractivity contribution in [3.05, 3.63) is 18.2 Å². The first-order valence-corrected chi connectivity index (χ1v) is 10.8. The van der Waals surface area contributed by atoms with Gasteiger partial charge in [0.15, 0.2) is 0 Å². The Balaban J connectivity index is 1.23. The Bertz CT molecular complexity index is 719. The fraction of sp³-hybridized carbons (Fsp3) is 0.652. The molecule has 4 aliphatic carbocycles. The minimum absolute atomic E-state index is 0.0793. The van der Waals surface area contributed by atoms with Crippen molar-refractivity contribution in [3.63, 3.8) is 0 Å². The zero-order valence-electron chi connectivity index (χ0n) is 17.5. The first kappa shape index (κ1) is 20.0. The molecule has 0 saturated heterocycles. The molecule has 2 amide bonds. The lowest BCUT2D eigenvalue weighted by Crippen LogP contribution is -2.53. The lowest BCUT2D eigenvalue weighted by Gasteiger charge is -2.55. The molecule has 29 heavy (non-hydrogen) atoms. The Kier molecular flexibility index (Phi) is 5.70. The Morgan fingerprint density at radius 3 is 2.03 bits per heavy atom. The zero-order valence-corrected chi connectivity index (χ0v) is 17.5. The summed E-state index contributed by atoms with van der Waals surface area (Å²) in [7, 11) is 3.15. The predicted molar refractivity (Wildman–Crippen MR) is 111 cm³/mol. The number of carbonyl (C=O) groups is 2. The molecule has 0 radical (unpaired) electrons. The maximum atomic E-state index is 12.9. The molecule has 0 spiro atoms. The molecule has 0 unspecified atom stereocenters. The van der Waals surface area contributed by atoms with Gasteiger partial charge in [-0.3, -0.25) is 9.59 Å². The summed E-state index contributed by atoms with van der Waals surface area (Å²) in [4.78, 5) is 25.2. The summed E-state index contributed by atoms with van der Waals surface area (Å²) in [5, 5.41) is 6.01. The summed E-state index contributed by atoms with van der Waals surface area (Å²) >= 11 is 0. The minimum atomic E-state index is -0.117. The van der Waals surface area contributed by atoms with E-state index in [2.05, 4.69) is 10.6 Å². The third-order valence-corrected chi connectivity index (χ3v) is 7.02. The third kappa shape index (κ3) is 4.36. The fourth-order valence-electron chi connectivity index (χ4n) is 6.13. The van der Waals surface area contributed by atoms with Gasteiger partial charge in [0.05, 0.1) is 14.2 Å². The smallest absolute Gasteiger partial charge is 0.226 e. The molecule has 158 valence electrons. The van der Waals surface area contributed by atoms with Gasteiger partial charge in [0.2, 0.25) is 11.8 Å². The molecule has 4 saturated carbocycles. The van der Waals surface area contributed by atoms with Crippen LogP contribution in [0.15, 0.2) is 18.2 Å². The molecule has 0 atom stereocenters. The molecule has 6 nitrogen and oxygen atoms in total. The quantitative estimate of drug-likeness (QED) is 0.652. The minimum Gasteiger partial charge on any atom is -0.497 e. The number of ether oxygens (including phenoxy) is 2.